The van der Waals surface area contributed by atoms with Crippen LogP contribution in [0.25, 0.3) is 0 Å². The predicted octanol–water partition coefficient (Wildman–Crippen LogP) is -0.284. The molecule has 0 bridgehead atoms. The van der Waals surface area contributed by atoms with Crippen LogP contribution in [0.1, 0.15) is 6.92 Å². The molecular formula is C13H21N5O4. The zero-order chi connectivity index (χ0) is 15.9. The highest BCUT2D eigenvalue weighted by atomic mass is 16.6. The molecule has 0 unspecified atom stereocenters. The zero-order valence-electron chi connectivity index (χ0n) is 13.1. The molecule has 0 aromatic carbocycles. The van der Waals surface area contributed by atoms with Crippen LogP contribution >= 0.6 is 0 Å². The third kappa shape index (κ3) is 4.42. The highest BCUT2D eigenvalue weighted by Gasteiger charge is 2.18. The largest absolute Gasteiger partial charge is 0.463 e. The number of hydrogen-bond acceptors (Lipinski definition) is 9. The fourth-order valence-corrected chi connectivity index (χ4v) is 1.83. The van der Waals surface area contributed by atoms with Crippen molar-refractivity contribution in [3.8, 4) is 6.01 Å². The van der Waals surface area contributed by atoms with E-state index in [1.54, 1.807) is 11.8 Å². The lowest BCUT2D eigenvalue weighted by Crippen LogP contribution is -2.37. The molecule has 0 atom stereocenters. The van der Waals surface area contributed by atoms with Gasteiger partial charge in [-0.25, -0.2) is 4.79 Å². The normalized spacial score (nSPS) is 14.6. The minimum absolute atomic E-state index is 0.105. The summed E-state index contributed by atoms with van der Waals surface area (Å²) in [5, 5.41) is 0. The Hall–Kier alpha value is -2.16. The van der Waals surface area contributed by atoms with Gasteiger partial charge in [-0.2, -0.15) is 15.0 Å². The van der Waals surface area contributed by atoms with Crippen LogP contribution in [0, 0.1) is 0 Å². The summed E-state index contributed by atoms with van der Waals surface area (Å²) in [6.07, 6.45) is 0. The van der Waals surface area contributed by atoms with Gasteiger partial charge in [-0.15, -0.1) is 0 Å². The number of morpholine rings is 1. The summed E-state index contributed by atoms with van der Waals surface area (Å²) >= 11 is 0. The molecule has 1 fully saturated rings. The number of anilines is 2. The molecule has 9 nitrogen and oxygen atoms in total. The maximum atomic E-state index is 11.4. The summed E-state index contributed by atoms with van der Waals surface area (Å²) in [7, 11) is 3.65. The Morgan fingerprint density at radius 3 is 2.64 bits per heavy atom. The summed E-state index contributed by atoms with van der Waals surface area (Å²) in [4.78, 5) is 28.0. The van der Waals surface area contributed by atoms with Crippen molar-refractivity contribution in [1.29, 1.82) is 0 Å². The Labute approximate surface area is 129 Å². The van der Waals surface area contributed by atoms with Gasteiger partial charge in [0.2, 0.25) is 11.9 Å². The summed E-state index contributed by atoms with van der Waals surface area (Å²) in [6, 6.07) is 0.105. The quantitative estimate of drug-likeness (QED) is 0.658. The minimum Gasteiger partial charge on any atom is -0.463 e. The fourth-order valence-electron chi connectivity index (χ4n) is 1.83. The lowest BCUT2D eigenvalue weighted by atomic mass is 10.4. The van der Waals surface area contributed by atoms with Crippen molar-refractivity contribution in [3.05, 3.63) is 0 Å². The molecule has 0 N–H and O–H groups in total. The number of rotatable bonds is 6. The average molecular weight is 311 g/mol. The highest BCUT2D eigenvalue weighted by Crippen LogP contribution is 2.17. The van der Waals surface area contributed by atoms with Crippen LogP contribution < -0.4 is 14.5 Å². The summed E-state index contributed by atoms with van der Waals surface area (Å²) in [6.45, 7) is 4.47. The van der Waals surface area contributed by atoms with Crippen molar-refractivity contribution in [2.45, 2.75) is 6.92 Å². The van der Waals surface area contributed by atoms with E-state index in [-0.39, 0.29) is 12.6 Å². The second-order valence-corrected chi connectivity index (χ2v) is 4.81. The third-order valence-electron chi connectivity index (χ3n) is 2.91. The molecule has 22 heavy (non-hydrogen) atoms. The molecule has 0 amide bonds. The van der Waals surface area contributed by atoms with E-state index in [4.69, 9.17) is 14.2 Å². The molecule has 9 heteroatoms. The van der Waals surface area contributed by atoms with E-state index in [2.05, 4.69) is 15.0 Å². The number of aromatic nitrogens is 3. The molecule has 122 valence electrons. The molecule has 1 aromatic rings. The van der Waals surface area contributed by atoms with Crippen LogP contribution in [0.4, 0.5) is 11.9 Å². The van der Waals surface area contributed by atoms with Gasteiger partial charge in [0.1, 0.15) is 0 Å². The second-order valence-electron chi connectivity index (χ2n) is 4.81. The number of nitrogens with zero attached hydrogens (tertiary/aromatic N) is 5. The molecule has 2 heterocycles. The number of ether oxygens (including phenoxy) is 3. The Balaban J connectivity index is 2.13. The Morgan fingerprint density at radius 1 is 1.27 bits per heavy atom. The monoisotopic (exact) mass is 311 g/mol. The van der Waals surface area contributed by atoms with E-state index in [0.717, 1.165) is 0 Å². The van der Waals surface area contributed by atoms with Gasteiger partial charge in [-0.05, 0) is 6.92 Å². The number of carbonyl (C=O) groups is 1. The number of esters is 1. The van der Waals surface area contributed by atoms with Crippen molar-refractivity contribution in [3.63, 3.8) is 0 Å². The number of hydrogen-bond donors (Lipinski definition) is 0. The summed E-state index contributed by atoms with van der Waals surface area (Å²) in [5.41, 5.74) is 0. The van der Waals surface area contributed by atoms with Gasteiger partial charge in [-0.3, -0.25) is 0 Å². The van der Waals surface area contributed by atoms with Crippen LogP contribution in [0.2, 0.25) is 0 Å². The molecule has 1 aromatic heterocycles. The summed E-state index contributed by atoms with van der Waals surface area (Å²) in [5.74, 6) is 0.526. The average Bonchev–Trinajstić information content (AvgIpc) is 2.54. The van der Waals surface area contributed by atoms with Crippen molar-refractivity contribution >= 4 is 17.9 Å². The SMILES string of the molecule is CCOC(=O)COc1nc(N(C)C)nc(N2CCOCC2)n1. The minimum atomic E-state index is -0.456. The first-order chi connectivity index (χ1) is 10.6. The first-order valence-electron chi connectivity index (χ1n) is 7.14. The van der Waals surface area contributed by atoms with Gasteiger partial charge in [0.15, 0.2) is 6.61 Å². The Kier molecular flexibility index (Phi) is 5.70. The van der Waals surface area contributed by atoms with Gasteiger partial charge in [0.25, 0.3) is 0 Å². The topological polar surface area (TPSA) is 89.9 Å². The number of carbonyl (C=O) groups excluding carboxylic acids is 1. The first kappa shape index (κ1) is 16.2. The van der Waals surface area contributed by atoms with Crippen LogP contribution in [0.3, 0.4) is 0 Å². The van der Waals surface area contributed by atoms with Crippen LogP contribution in [0.5, 0.6) is 6.01 Å². The molecule has 0 radical (unpaired) electrons. The zero-order valence-corrected chi connectivity index (χ0v) is 13.1. The van der Waals surface area contributed by atoms with Gasteiger partial charge in [-0.1, -0.05) is 0 Å². The first-order valence-corrected chi connectivity index (χ1v) is 7.14. The van der Waals surface area contributed by atoms with Crippen molar-refractivity contribution in [2.75, 3.05) is 63.4 Å². The van der Waals surface area contributed by atoms with Gasteiger partial charge in [0, 0.05) is 27.2 Å². The third-order valence-corrected chi connectivity index (χ3v) is 2.91. The van der Waals surface area contributed by atoms with E-state index < -0.39 is 5.97 Å². The van der Waals surface area contributed by atoms with Crippen LogP contribution in [-0.4, -0.2) is 74.5 Å². The molecular weight excluding hydrogens is 290 g/mol. The van der Waals surface area contributed by atoms with Crippen LogP contribution in [-0.2, 0) is 14.3 Å². The lowest BCUT2D eigenvalue weighted by molar-refractivity contribution is -0.145. The molecule has 2 rings (SSSR count). The maximum Gasteiger partial charge on any atom is 0.344 e. The standard InChI is InChI=1S/C13H21N5O4/c1-4-21-10(19)9-22-13-15-11(17(2)3)14-12(16-13)18-5-7-20-8-6-18/h4-9H2,1-3H3. The Bertz CT molecular complexity index is 505. The fraction of sp³-hybridized carbons (Fsp3) is 0.692. The maximum absolute atomic E-state index is 11.4. The van der Waals surface area contributed by atoms with E-state index in [9.17, 15) is 4.79 Å². The Morgan fingerprint density at radius 2 is 2.00 bits per heavy atom. The molecule has 1 saturated heterocycles. The molecule has 0 aliphatic carbocycles. The molecule has 0 spiro atoms. The van der Waals surface area contributed by atoms with Gasteiger partial charge >= 0.3 is 12.0 Å². The smallest absolute Gasteiger partial charge is 0.344 e. The highest BCUT2D eigenvalue weighted by molar-refractivity contribution is 5.70. The lowest BCUT2D eigenvalue weighted by Gasteiger charge is -2.27. The molecule has 1 aliphatic heterocycles. The van der Waals surface area contributed by atoms with Crippen molar-refractivity contribution in [2.24, 2.45) is 0 Å². The van der Waals surface area contributed by atoms with Crippen molar-refractivity contribution in [1.82, 2.24) is 15.0 Å². The van der Waals surface area contributed by atoms with E-state index >= 15 is 0 Å². The molecule has 1 aliphatic rings. The van der Waals surface area contributed by atoms with Crippen LogP contribution in [0.15, 0.2) is 0 Å². The van der Waals surface area contributed by atoms with Gasteiger partial charge < -0.3 is 24.0 Å². The van der Waals surface area contributed by atoms with E-state index in [0.29, 0.717) is 44.8 Å². The van der Waals surface area contributed by atoms with Crippen molar-refractivity contribution < 1.29 is 19.0 Å². The summed E-state index contributed by atoms with van der Waals surface area (Å²) < 4.78 is 15.5. The predicted molar refractivity (Wildman–Crippen MR) is 79.3 cm³/mol. The second kappa shape index (κ2) is 7.74. The van der Waals surface area contributed by atoms with E-state index in [1.165, 1.54) is 0 Å². The molecule has 0 saturated carbocycles. The van der Waals surface area contributed by atoms with E-state index in [1.807, 2.05) is 19.0 Å². The van der Waals surface area contributed by atoms with Gasteiger partial charge in [0.05, 0.1) is 19.8 Å².